The Morgan fingerprint density at radius 3 is 1.59 bits per heavy atom. The van der Waals surface area contributed by atoms with Crippen LogP contribution in [0, 0.1) is 0 Å². The van der Waals surface area contributed by atoms with Gasteiger partial charge in [-0.3, -0.25) is 0 Å². The summed E-state index contributed by atoms with van der Waals surface area (Å²) in [5.41, 5.74) is 3.10. The van der Waals surface area contributed by atoms with Crippen molar-refractivity contribution in [1.29, 1.82) is 0 Å². The van der Waals surface area contributed by atoms with E-state index in [0.717, 1.165) is 11.1 Å². The Balaban J connectivity index is 2.95. The van der Waals surface area contributed by atoms with Crippen LogP contribution >= 0.6 is 0 Å². The normalized spacial score (nSPS) is 12.4. The molecule has 2 aromatic carbocycles. The zero-order valence-corrected chi connectivity index (χ0v) is 24.1. The Labute approximate surface area is 207 Å². The van der Waals surface area contributed by atoms with Crippen molar-refractivity contribution in [2.45, 2.75) is 84.4 Å². The summed E-state index contributed by atoms with van der Waals surface area (Å²) in [6, 6.07) is 7.56. The number of phenols is 1. The first kappa shape index (κ1) is 27.9. The third-order valence-corrected chi connectivity index (χ3v) is 12.9. The highest BCUT2D eigenvalue weighted by Crippen LogP contribution is 2.50. The molecule has 1 N–H and O–H groups in total. The van der Waals surface area contributed by atoms with Gasteiger partial charge in [0.15, 0.2) is 11.5 Å². The predicted molar refractivity (Wildman–Crippen MR) is 144 cm³/mol. The van der Waals surface area contributed by atoms with Gasteiger partial charge >= 0.3 is 0 Å². The number of methoxy groups -OCH3 is 3. The van der Waals surface area contributed by atoms with Crippen LogP contribution in [0.2, 0.25) is 16.6 Å². The average Bonchev–Trinajstić information content (AvgIpc) is 2.75. The molecule has 0 aliphatic carbocycles. The van der Waals surface area contributed by atoms with Gasteiger partial charge < -0.3 is 23.7 Å². The Bertz CT molecular complexity index is 967. The molecule has 2 aromatic rings. The minimum atomic E-state index is -2.29. The largest absolute Gasteiger partial charge is 0.542 e. The fraction of sp³-hybridized carbons (Fsp3) is 0.571. The van der Waals surface area contributed by atoms with Gasteiger partial charge in [-0.2, -0.15) is 0 Å². The molecule has 0 aromatic heterocycles. The van der Waals surface area contributed by atoms with Crippen LogP contribution in [0.5, 0.6) is 28.7 Å². The predicted octanol–water partition coefficient (Wildman–Crippen LogP) is 7.94. The van der Waals surface area contributed by atoms with Crippen LogP contribution in [0.15, 0.2) is 24.3 Å². The van der Waals surface area contributed by atoms with Crippen LogP contribution in [0.25, 0.3) is 11.1 Å². The summed E-state index contributed by atoms with van der Waals surface area (Å²) in [6.07, 6.45) is 0. The zero-order chi connectivity index (χ0) is 26.0. The van der Waals surface area contributed by atoms with Crippen molar-refractivity contribution >= 4 is 8.32 Å². The standard InChI is InChI=1S/C28H44O5Si/c1-17(2)34(18(3)4,19(5)6)33-24-16-26(32-12)25(31-11)15-21(24)22-13-20(30-10)14-23(27(22)29)28(7,8)9/h13-19,29H,1-12H3. The quantitative estimate of drug-likeness (QED) is 0.363. The molecule has 190 valence electrons. The Hall–Kier alpha value is -2.34. The second kappa shape index (κ2) is 10.5. The maximum atomic E-state index is 11.5. The minimum absolute atomic E-state index is 0.219. The van der Waals surface area contributed by atoms with Crippen molar-refractivity contribution in [3.8, 4) is 39.9 Å². The molecule has 0 spiro atoms. The summed E-state index contributed by atoms with van der Waals surface area (Å²) >= 11 is 0. The highest BCUT2D eigenvalue weighted by molar-refractivity contribution is 6.78. The smallest absolute Gasteiger partial charge is 0.258 e. The lowest BCUT2D eigenvalue weighted by atomic mass is 9.84. The first-order valence-corrected chi connectivity index (χ1v) is 14.2. The first-order valence-electron chi connectivity index (χ1n) is 12.1. The van der Waals surface area contributed by atoms with Gasteiger partial charge in [0.1, 0.15) is 17.2 Å². The summed E-state index contributed by atoms with van der Waals surface area (Å²) in [7, 11) is 2.59. The molecule has 6 heteroatoms. The van der Waals surface area contributed by atoms with Crippen LogP contribution in [0.1, 0.15) is 67.9 Å². The summed E-state index contributed by atoms with van der Waals surface area (Å²) in [6.45, 7) is 19.8. The molecule has 5 nitrogen and oxygen atoms in total. The molecular weight excluding hydrogens is 444 g/mol. The van der Waals surface area contributed by atoms with Gasteiger partial charge in [0.05, 0.1) is 21.3 Å². The van der Waals surface area contributed by atoms with E-state index in [4.69, 9.17) is 18.6 Å². The number of benzene rings is 2. The summed E-state index contributed by atoms with van der Waals surface area (Å²) in [5, 5.41) is 11.5. The van der Waals surface area contributed by atoms with Crippen molar-refractivity contribution < 1.29 is 23.7 Å². The fourth-order valence-corrected chi connectivity index (χ4v) is 10.5. The second-order valence-corrected chi connectivity index (χ2v) is 16.3. The molecule has 0 amide bonds. The average molecular weight is 489 g/mol. The molecule has 0 saturated heterocycles. The monoisotopic (exact) mass is 488 g/mol. The van der Waals surface area contributed by atoms with E-state index in [9.17, 15) is 5.11 Å². The van der Waals surface area contributed by atoms with Crippen molar-refractivity contribution in [1.82, 2.24) is 0 Å². The number of ether oxygens (including phenoxy) is 3. The van der Waals surface area contributed by atoms with Crippen molar-refractivity contribution in [3.63, 3.8) is 0 Å². The Kier molecular flexibility index (Phi) is 8.62. The van der Waals surface area contributed by atoms with Gasteiger partial charge in [0.2, 0.25) is 0 Å². The van der Waals surface area contributed by atoms with E-state index < -0.39 is 8.32 Å². The van der Waals surface area contributed by atoms with Gasteiger partial charge in [-0.05, 0) is 40.2 Å². The summed E-state index contributed by atoms with van der Waals surface area (Å²) in [5.74, 6) is 2.77. The number of rotatable bonds is 9. The molecular formula is C28H44O5Si. The first-order chi connectivity index (χ1) is 15.7. The minimum Gasteiger partial charge on any atom is -0.542 e. The third kappa shape index (κ3) is 5.17. The number of phenolic OH excluding ortho intramolecular Hbond substituents is 1. The molecule has 0 aliphatic rings. The molecule has 0 unspecified atom stereocenters. The highest BCUT2D eigenvalue weighted by Gasteiger charge is 2.47. The molecule has 0 atom stereocenters. The SMILES string of the molecule is COc1cc(-c2cc(OC)c(OC)cc2O[Si](C(C)C)(C(C)C)C(C)C)c(O)c(C(C)(C)C)c1. The van der Waals surface area contributed by atoms with E-state index >= 15 is 0 Å². The van der Waals surface area contributed by atoms with Gasteiger partial charge in [0, 0.05) is 22.8 Å². The highest BCUT2D eigenvalue weighted by atomic mass is 28.4. The lowest BCUT2D eigenvalue weighted by molar-refractivity contribution is 0.352. The Morgan fingerprint density at radius 1 is 0.676 bits per heavy atom. The summed E-state index contributed by atoms with van der Waals surface area (Å²) < 4.78 is 24.0. The zero-order valence-electron chi connectivity index (χ0n) is 23.1. The second-order valence-electron chi connectivity index (χ2n) is 10.9. The van der Waals surface area contributed by atoms with Gasteiger partial charge in [0.25, 0.3) is 8.32 Å². The topological polar surface area (TPSA) is 57.2 Å². The van der Waals surface area contributed by atoms with E-state index in [0.29, 0.717) is 45.2 Å². The number of aromatic hydroxyl groups is 1. The molecule has 0 bridgehead atoms. The Morgan fingerprint density at radius 2 is 1.18 bits per heavy atom. The molecule has 0 radical (unpaired) electrons. The molecule has 0 fully saturated rings. The van der Waals surface area contributed by atoms with Crippen LogP contribution in [0.3, 0.4) is 0 Å². The lowest BCUT2D eigenvalue weighted by Gasteiger charge is -2.42. The van der Waals surface area contributed by atoms with Crippen LogP contribution in [0.4, 0.5) is 0 Å². The van der Waals surface area contributed by atoms with E-state index in [1.165, 1.54) is 0 Å². The van der Waals surface area contributed by atoms with Gasteiger partial charge in [-0.25, -0.2) is 0 Å². The van der Waals surface area contributed by atoms with E-state index in [1.807, 2.05) is 24.3 Å². The molecule has 0 aliphatic heterocycles. The number of hydrogen-bond donors (Lipinski definition) is 1. The van der Waals surface area contributed by atoms with Crippen molar-refractivity contribution in [2.75, 3.05) is 21.3 Å². The van der Waals surface area contributed by atoms with Crippen molar-refractivity contribution in [2.24, 2.45) is 0 Å². The maximum Gasteiger partial charge on any atom is 0.258 e. The molecule has 0 saturated carbocycles. The summed E-state index contributed by atoms with van der Waals surface area (Å²) in [4.78, 5) is 0. The number of hydrogen-bond acceptors (Lipinski definition) is 5. The maximum absolute atomic E-state index is 11.5. The van der Waals surface area contributed by atoms with Crippen LogP contribution < -0.4 is 18.6 Å². The van der Waals surface area contributed by atoms with Crippen LogP contribution in [-0.4, -0.2) is 34.8 Å². The van der Waals surface area contributed by atoms with Gasteiger partial charge in [-0.15, -0.1) is 0 Å². The fourth-order valence-electron chi connectivity index (χ4n) is 5.20. The molecule has 0 heterocycles. The van der Waals surface area contributed by atoms with Crippen LogP contribution in [-0.2, 0) is 5.41 Å². The van der Waals surface area contributed by atoms with E-state index in [2.05, 4.69) is 62.3 Å². The van der Waals surface area contributed by atoms with E-state index in [1.54, 1.807) is 21.3 Å². The van der Waals surface area contributed by atoms with Gasteiger partial charge in [-0.1, -0.05) is 62.3 Å². The van der Waals surface area contributed by atoms with Crippen molar-refractivity contribution in [3.05, 3.63) is 29.8 Å². The third-order valence-electron chi connectivity index (χ3n) is 6.90. The van der Waals surface area contributed by atoms with E-state index in [-0.39, 0.29) is 11.2 Å². The molecule has 2 rings (SSSR count). The molecule has 34 heavy (non-hydrogen) atoms. The lowest BCUT2D eigenvalue weighted by Crippen LogP contribution is -2.50.